The van der Waals surface area contributed by atoms with E-state index in [1.54, 1.807) is 5.51 Å². The van der Waals surface area contributed by atoms with Crippen LogP contribution in [0.25, 0.3) is 0 Å². The standard InChI is InChI=1S/C9H14ClN3S/c10-7-4-2-1-3-5-8(7)12-9-13-11-6-14-9/h6-8H,1-5H2,(H,12,13). The van der Waals surface area contributed by atoms with Crippen LogP contribution in [0.2, 0.25) is 0 Å². The number of aromatic nitrogens is 2. The molecule has 2 rings (SSSR count). The summed E-state index contributed by atoms with van der Waals surface area (Å²) < 4.78 is 0. The Balaban J connectivity index is 1.94. The molecule has 0 bridgehead atoms. The van der Waals surface area contributed by atoms with Crippen LogP contribution < -0.4 is 5.32 Å². The van der Waals surface area contributed by atoms with Crippen molar-refractivity contribution in [2.45, 2.75) is 43.5 Å². The first kappa shape index (κ1) is 10.2. The molecular formula is C9H14ClN3S. The fourth-order valence-electron chi connectivity index (χ4n) is 1.82. The molecule has 5 heteroatoms. The molecule has 0 spiro atoms. The third-order valence-corrected chi connectivity index (χ3v) is 3.75. The quantitative estimate of drug-likeness (QED) is 0.628. The van der Waals surface area contributed by atoms with Gasteiger partial charge < -0.3 is 5.32 Å². The highest BCUT2D eigenvalue weighted by Crippen LogP contribution is 2.25. The average molecular weight is 232 g/mol. The molecule has 1 N–H and O–H groups in total. The minimum absolute atomic E-state index is 0.237. The number of nitrogens with one attached hydrogen (secondary N) is 1. The van der Waals surface area contributed by atoms with Crippen molar-refractivity contribution in [2.24, 2.45) is 0 Å². The smallest absolute Gasteiger partial charge is 0.205 e. The zero-order valence-electron chi connectivity index (χ0n) is 7.95. The molecule has 1 heterocycles. The van der Waals surface area contributed by atoms with Gasteiger partial charge >= 0.3 is 0 Å². The highest BCUT2D eigenvalue weighted by atomic mass is 35.5. The van der Waals surface area contributed by atoms with E-state index in [0.717, 1.165) is 18.0 Å². The molecule has 0 amide bonds. The molecule has 1 aliphatic carbocycles. The summed E-state index contributed by atoms with van der Waals surface area (Å²) in [7, 11) is 0. The van der Waals surface area contributed by atoms with E-state index < -0.39 is 0 Å². The van der Waals surface area contributed by atoms with E-state index in [0.29, 0.717) is 6.04 Å². The topological polar surface area (TPSA) is 37.8 Å². The summed E-state index contributed by atoms with van der Waals surface area (Å²) in [5.74, 6) is 0. The second-order valence-electron chi connectivity index (χ2n) is 3.65. The second kappa shape index (κ2) is 4.94. The Morgan fingerprint density at radius 2 is 2.21 bits per heavy atom. The Morgan fingerprint density at radius 1 is 1.36 bits per heavy atom. The SMILES string of the molecule is ClC1CCCCCC1Nc1nncs1. The van der Waals surface area contributed by atoms with Crippen molar-refractivity contribution in [3.8, 4) is 0 Å². The second-order valence-corrected chi connectivity index (χ2v) is 5.04. The van der Waals surface area contributed by atoms with Gasteiger partial charge in [0.1, 0.15) is 5.51 Å². The minimum Gasteiger partial charge on any atom is -0.356 e. The Bertz CT molecular complexity index is 265. The van der Waals surface area contributed by atoms with Crippen molar-refractivity contribution < 1.29 is 0 Å². The predicted molar refractivity (Wildman–Crippen MR) is 60.0 cm³/mol. The first-order chi connectivity index (χ1) is 6.86. The van der Waals surface area contributed by atoms with Gasteiger partial charge in [-0.3, -0.25) is 0 Å². The zero-order valence-corrected chi connectivity index (χ0v) is 9.52. The molecule has 0 radical (unpaired) electrons. The van der Waals surface area contributed by atoms with Gasteiger partial charge in [0, 0.05) is 6.04 Å². The maximum absolute atomic E-state index is 6.30. The lowest BCUT2D eigenvalue weighted by Gasteiger charge is -2.19. The molecule has 1 aliphatic rings. The molecule has 78 valence electrons. The van der Waals surface area contributed by atoms with E-state index >= 15 is 0 Å². The van der Waals surface area contributed by atoms with Crippen LogP contribution >= 0.6 is 22.9 Å². The van der Waals surface area contributed by atoms with E-state index in [1.165, 1.54) is 30.6 Å². The van der Waals surface area contributed by atoms with E-state index in [9.17, 15) is 0 Å². The first-order valence-electron chi connectivity index (χ1n) is 5.03. The number of anilines is 1. The predicted octanol–water partition coefficient (Wildman–Crippen LogP) is 2.89. The molecule has 2 atom stereocenters. The summed E-state index contributed by atoms with van der Waals surface area (Å²) in [5.41, 5.74) is 1.74. The highest BCUT2D eigenvalue weighted by Gasteiger charge is 2.22. The summed E-state index contributed by atoms with van der Waals surface area (Å²) in [6.45, 7) is 0. The van der Waals surface area contributed by atoms with Crippen LogP contribution in [0.3, 0.4) is 0 Å². The molecule has 1 saturated carbocycles. The van der Waals surface area contributed by atoms with Crippen molar-refractivity contribution in [3.05, 3.63) is 5.51 Å². The Labute approximate surface area is 92.9 Å². The van der Waals surface area contributed by atoms with Gasteiger partial charge in [-0.05, 0) is 12.8 Å². The number of alkyl halides is 1. The van der Waals surface area contributed by atoms with Gasteiger partial charge in [-0.15, -0.1) is 21.8 Å². The van der Waals surface area contributed by atoms with Gasteiger partial charge in [0.2, 0.25) is 5.13 Å². The molecule has 0 aliphatic heterocycles. The molecule has 1 fully saturated rings. The van der Waals surface area contributed by atoms with Gasteiger partial charge in [-0.25, -0.2) is 0 Å². The maximum Gasteiger partial charge on any atom is 0.205 e. The number of hydrogen-bond donors (Lipinski definition) is 1. The van der Waals surface area contributed by atoms with Gasteiger partial charge in [-0.1, -0.05) is 30.6 Å². The van der Waals surface area contributed by atoms with Crippen LogP contribution in [0.15, 0.2) is 5.51 Å². The van der Waals surface area contributed by atoms with Crippen LogP contribution in [-0.2, 0) is 0 Å². The summed E-state index contributed by atoms with van der Waals surface area (Å²) in [5, 5.41) is 12.3. The van der Waals surface area contributed by atoms with Gasteiger partial charge in [0.15, 0.2) is 0 Å². The number of rotatable bonds is 2. The lowest BCUT2D eigenvalue weighted by Crippen LogP contribution is -2.28. The molecule has 0 aromatic carbocycles. The normalized spacial score (nSPS) is 28.4. The van der Waals surface area contributed by atoms with Crippen molar-refractivity contribution in [1.29, 1.82) is 0 Å². The molecule has 0 saturated heterocycles. The lowest BCUT2D eigenvalue weighted by atomic mass is 10.1. The first-order valence-corrected chi connectivity index (χ1v) is 6.34. The summed E-state index contributed by atoms with van der Waals surface area (Å²) in [6, 6.07) is 0.368. The van der Waals surface area contributed by atoms with Crippen LogP contribution in [-0.4, -0.2) is 21.6 Å². The zero-order chi connectivity index (χ0) is 9.80. The van der Waals surface area contributed by atoms with Crippen LogP contribution in [0, 0.1) is 0 Å². The molecule has 3 nitrogen and oxygen atoms in total. The summed E-state index contributed by atoms with van der Waals surface area (Å²) in [4.78, 5) is 0. The van der Waals surface area contributed by atoms with E-state index in [-0.39, 0.29) is 5.38 Å². The Hall–Kier alpha value is -0.350. The fourth-order valence-corrected chi connectivity index (χ4v) is 2.67. The van der Waals surface area contributed by atoms with E-state index in [1.807, 2.05) is 0 Å². The highest BCUT2D eigenvalue weighted by molar-refractivity contribution is 7.13. The van der Waals surface area contributed by atoms with Crippen molar-refractivity contribution in [1.82, 2.24) is 10.2 Å². The van der Waals surface area contributed by atoms with E-state index in [2.05, 4.69) is 15.5 Å². The monoisotopic (exact) mass is 231 g/mol. The van der Waals surface area contributed by atoms with Crippen molar-refractivity contribution >= 4 is 28.1 Å². The minimum atomic E-state index is 0.237. The maximum atomic E-state index is 6.30. The third kappa shape index (κ3) is 2.58. The molecule has 14 heavy (non-hydrogen) atoms. The number of hydrogen-bond acceptors (Lipinski definition) is 4. The van der Waals surface area contributed by atoms with Crippen LogP contribution in [0.1, 0.15) is 32.1 Å². The number of halogens is 1. The lowest BCUT2D eigenvalue weighted by molar-refractivity contribution is 0.626. The van der Waals surface area contributed by atoms with E-state index in [4.69, 9.17) is 11.6 Å². The summed E-state index contributed by atoms with van der Waals surface area (Å²) >= 11 is 7.83. The molecule has 1 aromatic heterocycles. The number of nitrogens with zero attached hydrogens (tertiary/aromatic N) is 2. The van der Waals surface area contributed by atoms with Crippen LogP contribution in [0.5, 0.6) is 0 Å². The molecule has 1 aromatic rings. The van der Waals surface area contributed by atoms with Gasteiger partial charge in [0.25, 0.3) is 0 Å². The molecule has 2 unspecified atom stereocenters. The Morgan fingerprint density at radius 3 is 3.00 bits per heavy atom. The summed E-state index contributed by atoms with van der Waals surface area (Å²) in [6.07, 6.45) is 6.07. The largest absolute Gasteiger partial charge is 0.356 e. The van der Waals surface area contributed by atoms with Crippen molar-refractivity contribution in [3.63, 3.8) is 0 Å². The fraction of sp³-hybridized carbons (Fsp3) is 0.778. The Kier molecular flexibility index (Phi) is 3.59. The van der Waals surface area contributed by atoms with Gasteiger partial charge in [-0.2, -0.15) is 0 Å². The van der Waals surface area contributed by atoms with Gasteiger partial charge in [0.05, 0.1) is 5.38 Å². The molecular weight excluding hydrogens is 218 g/mol. The van der Waals surface area contributed by atoms with Crippen LogP contribution in [0.4, 0.5) is 5.13 Å². The average Bonchev–Trinajstić information content (AvgIpc) is 2.60. The van der Waals surface area contributed by atoms with Crippen molar-refractivity contribution in [2.75, 3.05) is 5.32 Å². The third-order valence-electron chi connectivity index (χ3n) is 2.60.